The molecule has 0 fully saturated rings. The molecule has 0 bridgehead atoms. The molecule has 0 saturated carbocycles. The molecule has 0 aliphatic heterocycles. The van der Waals surface area contributed by atoms with Gasteiger partial charge in [-0.2, -0.15) is 0 Å². The van der Waals surface area contributed by atoms with Crippen molar-refractivity contribution in [2.45, 2.75) is 27.7 Å². The van der Waals surface area contributed by atoms with Crippen LogP contribution in [0.5, 0.6) is 0 Å². The molecule has 3 N–H and O–H groups in total. The highest BCUT2D eigenvalue weighted by Gasteiger charge is 2.20. The van der Waals surface area contributed by atoms with Gasteiger partial charge in [-0.3, -0.25) is 4.79 Å². The summed E-state index contributed by atoms with van der Waals surface area (Å²) < 4.78 is 0. The average Bonchev–Trinajstić information content (AvgIpc) is 2.92. The number of aryl methyl sites for hydroxylation is 4. The van der Waals surface area contributed by atoms with Crippen LogP contribution in [0.2, 0.25) is 0 Å². The monoisotopic (exact) mass is 351 g/mol. The van der Waals surface area contributed by atoms with Crippen LogP contribution in [-0.4, -0.2) is 10.8 Å². The van der Waals surface area contributed by atoms with Crippen molar-refractivity contribution in [1.29, 1.82) is 0 Å². The van der Waals surface area contributed by atoms with E-state index in [2.05, 4.69) is 23.3 Å². The highest BCUT2D eigenvalue weighted by atomic mass is 32.1. The summed E-state index contributed by atoms with van der Waals surface area (Å²) >= 11 is 1.29. The number of thiazole rings is 1. The fourth-order valence-corrected chi connectivity index (χ4v) is 3.57. The molecule has 0 aliphatic rings. The number of anilines is 3. The molecule has 3 rings (SSSR count). The predicted octanol–water partition coefficient (Wildman–Crippen LogP) is 4.93. The second kappa shape index (κ2) is 6.69. The van der Waals surface area contributed by atoms with E-state index in [0.717, 1.165) is 22.4 Å². The number of benzene rings is 2. The molecule has 128 valence electrons. The number of nitrogens with two attached hydrogens (primary N) is 1. The summed E-state index contributed by atoms with van der Waals surface area (Å²) in [6, 6.07) is 12.0. The maximum atomic E-state index is 12.9. The lowest BCUT2D eigenvalue weighted by Gasteiger charge is -2.07. The lowest BCUT2D eigenvalue weighted by Crippen LogP contribution is -2.05. The molecule has 0 amide bonds. The number of nitrogens with one attached hydrogen (secondary N) is 1. The van der Waals surface area contributed by atoms with Gasteiger partial charge < -0.3 is 11.1 Å². The first kappa shape index (κ1) is 17.2. The summed E-state index contributed by atoms with van der Waals surface area (Å²) in [5.74, 6) is 0.188. The van der Waals surface area contributed by atoms with E-state index in [0.29, 0.717) is 15.6 Å². The van der Waals surface area contributed by atoms with E-state index >= 15 is 0 Å². The molecule has 2 aromatic carbocycles. The topological polar surface area (TPSA) is 68.0 Å². The number of carbonyl (C=O) groups is 1. The van der Waals surface area contributed by atoms with E-state index in [1.807, 2.05) is 51.1 Å². The Bertz CT molecular complexity index is 960. The van der Waals surface area contributed by atoms with Crippen LogP contribution >= 0.6 is 11.3 Å². The summed E-state index contributed by atoms with van der Waals surface area (Å²) in [6.45, 7) is 7.99. The van der Waals surface area contributed by atoms with Gasteiger partial charge in [0.15, 0.2) is 5.13 Å². The Morgan fingerprint density at radius 1 is 1.00 bits per heavy atom. The van der Waals surface area contributed by atoms with Gasteiger partial charge in [-0.1, -0.05) is 46.7 Å². The van der Waals surface area contributed by atoms with E-state index in [9.17, 15) is 4.79 Å². The van der Waals surface area contributed by atoms with Gasteiger partial charge in [-0.15, -0.1) is 0 Å². The maximum absolute atomic E-state index is 12.9. The zero-order valence-electron chi connectivity index (χ0n) is 14.8. The van der Waals surface area contributed by atoms with E-state index in [1.165, 1.54) is 16.9 Å². The van der Waals surface area contributed by atoms with Crippen LogP contribution in [0.15, 0.2) is 36.4 Å². The summed E-state index contributed by atoms with van der Waals surface area (Å²) in [5.41, 5.74) is 12.0. The largest absolute Gasteiger partial charge is 0.382 e. The lowest BCUT2D eigenvalue weighted by molar-refractivity contribution is 0.104. The molecule has 0 radical (unpaired) electrons. The van der Waals surface area contributed by atoms with Crippen molar-refractivity contribution in [2.75, 3.05) is 11.1 Å². The molecule has 5 heteroatoms. The minimum Gasteiger partial charge on any atom is -0.382 e. The second-order valence-electron chi connectivity index (χ2n) is 6.32. The third-order valence-electron chi connectivity index (χ3n) is 4.12. The van der Waals surface area contributed by atoms with Crippen LogP contribution in [0.4, 0.5) is 16.6 Å². The summed E-state index contributed by atoms with van der Waals surface area (Å²) in [4.78, 5) is 17.7. The molecule has 25 heavy (non-hydrogen) atoms. The van der Waals surface area contributed by atoms with E-state index in [-0.39, 0.29) is 11.6 Å². The molecule has 1 heterocycles. The first-order chi connectivity index (χ1) is 11.8. The summed E-state index contributed by atoms with van der Waals surface area (Å²) in [5, 5.41) is 3.89. The number of hydrogen-bond donors (Lipinski definition) is 2. The molecule has 0 saturated heterocycles. The van der Waals surface area contributed by atoms with Gasteiger partial charge in [-0.25, -0.2) is 4.98 Å². The Hall–Kier alpha value is -2.66. The predicted molar refractivity (Wildman–Crippen MR) is 105 cm³/mol. The van der Waals surface area contributed by atoms with Gasteiger partial charge in [0, 0.05) is 11.3 Å². The molecule has 1 aromatic heterocycles. The fraction of sp³-hybridized carbons (Fsp3) is 0.200. The van der Waals surface area contributed by atoms with Gasteiger partial charge in [0.25, 0.3) is 0 Å². The van der Waals surface area contributed by atoms with Gasteiger partial charge in [0.1, 0.15) is 10.7 Å². The Balaban J connectivity index is 1.92. The van der Waals surface area contributed by atoms with E-state index < -0.39 is 0 Å². The number of aromatic nitrogens is 1. The van der Waals surface area contributed by atoms with Gasteiger partial charge in [0.05, 0.1) is 0 Å². The third kappa shape index (κ3) is 3.56. The molecule has 4 nitrogen and oxygen atoms in total. The average molecular weight is 351 g/mol. The van der Waals surface area contributed by atoms with Gasteiger partial charge >= 0.3 is 0 Å². The van der Waals surface area contributed by atoms with Crippen LogP contribution < -0.4 is 11.1 Å². The zero-order valence-corrected chi connectivity index (χ0v) is 15.6. The number of nitrogen functional groups attached to an aromatic ring is 1. The minimum absolute atomic E-state index is 0.0788. The SMILES string of the molecule is Cc1ccc(Nc2nc(N)c(C(=O)c3cc(C)ccc3C)s2)c(C)c1. The molecular formula is C20H21N3OS. The van der Waals surface area contributed by atoms with Crippen molar-refractivity contribution in [3.63, 3.8) is 0 Å². The smallest absolute Gasteiger partial charge is 0.207 e. The number of nitrogens with zero attached hydrogens (tertiary/aromatic N) is 1. The number of carbonyl (C=O) groups excluding carboxylic acids is 1. The standard InChI is InChI=1S/C20H21N3OS/c1-11-6-8-16(14(4)9-11)22-20-23-19(21)18(25-20)17(24)15-10-12(2)5-7-13(15)3/h5-10H,21H2,1-4H3,(H,22,23). The van der Waals surface area contributed by atoms with Crippen molar-refractivity contribution < 1.29 is 4.79 Å². The molecule has 0 spiro atoms. The third-order valence-corrected chi connectivity index (χ3v) is 5.11. The molecule has 3 aromatic rings. The first-order valence-corrected chi connectivity index (χ1v) is 8.89. The highest BCUT2D eigenvalue weighted by molar-refractivity contribution is 7.18. The van der Waals surface area contributed by atoms with Crippen molar-refractivity contribution in [2.24, 2.45) is 0 Å². The fourth-order valence-electron chi connectivity index (χ4n) is 2.72. The Morgan fingerprint density at radius 2 is 1.68 bits per heavy atom. The molecule has 0 aliphatic carbocycles. The van der Waals surface area contributed by atoms with Crippen molar-refractivity contribution >= 4 is 33.8 Å². The van der Waals surface area contributed by atoms with Gasteiger partial charge in [0.2, 0.25) is 5.78 Å². The molecular weight excluding hydrogens is 330 g/mol. The second-order valence-corrected chi connectivity index (χ2v) is 7.32. The highest BCUT2D eigenvalue weighted by Crippen LogP contribution is 2.31. The van der Waals surface area contributed by atoms with Crippen molar-refractivity contribution in [1.82, 2.24) is 4.98 Å². The minimum atomic E-state index is -0.0788. The van der Waals surface area contributed by atoms with Crippen LogP contribution in [0, 0.1) is 27.7 Å². The molecule has 0 unspecified atom stereocenters. The Kier molecular flexibility index (Phi) is 4.59. The quantitative estimate of drug-likeness (QED) is 0.654. The summed E-state index contributed by atoms with van der Waals surface area (Å²) in [7, 11) is 0. The number of rotatable bonds is 4. The van der Waals surface area contributed by atoms with Gasteiger partial charge in [-0.05, 0) is 51.0 Å². The zero-order chi connectivity index (χ0) is 18.1. The summed E-state index contributed by atoms with van der Waals surface area (Å²) in [6.07, 6.45) is 0. The molecule has 0 atom stereocenters. The number of ketones is 1. The van der Waals surface area contributed by atoms with Crippen molar-refractivity contribution in [3.8, 4) is 0 Å². The van der Waals surface area contributed by atoms with Crippen molar-refractivity contribution in [3.05, 3.63) is 69.1 Å². The van der Waals surface area contributed by atoms with E-state index in [1.54, 1.807) is 0 Å². The van der Waals surface area contributed by atoms with Crippen LogP contribution in [0.1, 0.15) is 37.5 Å². The first-order valence-electron chi connectivity index (χ1n) is 8.07. The van der Waals surface area contributed by atoms with Crippen LogP contribution in [0.25, 0.3) is 0 Å². The Morgan fingerprint density at radius 3 is 2.40 bits per heavy atom. The van der Waals surface area contributed by atoms with Crippen LogP contribution in [0.3, 0.4) is 0 Å². The normalized spacial score (nSPS) is 10.7. The number of hydrogen-bond acceptors (Lipinski definition) is 5. The Labute approximate surface area is 151 Å². The lowest BCUT2D eigenvalue weighted by atomic mass is 10.0. The van der Waals surface area contributed by atoms with Crippen LogP contribution in [-0.2, 0) is 0 Å². The van der Waals surface area contributed by atoms with E-state index in [4.69, 9.17) is 5.73 Å². The maximum Gasteiger partial charge on any atom is 0.207 e.